The molecule has 1 aliphatic carbocycles. The maximum atomic E-state index is 5.86. The van der Waals surface area contributed by atoms with Crippen molar-refractivity contribution in [3.8, 4) is 0 Å². The summed E-state index contributed by atoms with van der Waals surface area (Å²) in [5.74, 6) is 0. The second kappa shape index (κ2) is 4.33. The van der Waals surface area contributed by atoms with Gasteiger partial charge in [-0.25, -0.2) is 4.98 Å². The van der Waals surface area contributed by atoms with E-state index < -0.39 is 0 Å². The molecule has 2 rings (SSSR count). The fourth-order valence-electron chi connectivity index (χ4n) is 1.86. The molecule has 2 N–H and O–H groups in total. The van der Waals surface area contributed by atoms with Crippen molar-refractivity contribution >= 4 is 0 Å². The Labute approximate surface area is 91.1 Å². The maximum absolute atomic E-state index is 5.86. The van der Waals surface area contributed by atoms with Crippen LogP contribution in [-0.4, -0.2) is 34.1 Å². The van der Waals surface area contributed by atoms with E-state index in [0.29, 0.717) is 0 Å². The minimum absolute atomic E-state index is 0.0683. The van der Waals surface area contributed by atoms with E-state index in [1.807, 2.05) is 19.4 Å². The van der Waals surface area contributed by atoms with Gasteiger partial charge >= 0.3 is 0 Å². The van der Waals surface area contributed by atoms with Gasteiger partial charge in [0.1, 0.15) is 0 Å². The van der Waals surface area contributed by atoms with Gasteiger partial charge in [-0.2, -0.15) is 0 Å². The monoisotopic (exact) mass is 208 g/mol. The summed E-state index contributed by atoms with van der Waals surface area (Å²) in [6.07, 6.45) is 6.46. The predicted octanol–water partition coefficient (Wildman–Crippen LogP) is 0.997. The van der Waals surface area contributed by atoms with Gasteiger partial charge in [-0.15, -0.1) is 0 Å². The van der Waals surface area contributed by atoms with Crippen molar-refractivity contribution in [3.63, 3.8) is 0 Å². The highest BCUT2D eigenvalue weighted by Crippen LogP contribution is 2.25. The van der Waals surface area contributed by atoms with Crippen LogP contribution in [0.5, 0.6) is 0 Å². The van der Waals surface area contributed by atoms with Gasteiger partial charge in [0.25, 0.3) is 0 Å². The third-order valence-corrected chi connectivity index (χ3v) is 3.07. The number of hydrogen-bond acceptors (Lipinski definition) is 3. The van der Waals surface area contributed by atoms with Crippen LogP contribution in [-0.2, 0) is 6.54 Å². The highest BCUT2D eigenvalue weighted by atomic mass is 15.2. The second-order valence-corrected chi connectivity index (χ2v) is 4.51. The fourth-order valence-corrected chi connectivity index (χ4v) is 1.86. The van der Waals surface area contributed by atoms with Gasteiger partial charge in [0, 0.05) is 31.4 Å². The van der Waals surface area contributed by atoms with Gasteiger partial charge in [0.15, 0.2) is 0 Å². The van der Waals surface area contributed by atoms with Gasteiger partial charge in [0.2, 0.25) is 0 Å². The molecular weight excluding hydrogens is 188 g/mol. The van der Waals surface area contributed by atoms with Crippen molar-refractivity contribution in [1.29, 1.82) is 0 Å². The van der Waals surface area contributed by atoms with Crippen LogP contribution in [0.2, 0.25) is 0 Å². The van der Waals surface area contributed by atoms with Crippen molar-refractivity contribution in [2.45, 2.75) is 38.4 Å². The highest BCUT2D eigenvalue weighted by Gasteiger charge is 2.25. The molecule has 84 valence electrons. The molecule has 15 heavy (non-hydrogen) atoms. The van der Waals surface area contributed by atoms with Gasteiger partial charge < -0.3 is 15.2 Å². The summed E-state index contributed by atoms with van der Waals surface area (Å²) in [5.41, 5.74) is 6.99. The molecule has 0 bridgehead atoms. The molecule has 1 aliphatic rings. The van der Waals surface area contributed by atoms with Crippen LogP contribution in [0.4, 0.5) is 0 Å². The lowest BCUT2D eigenvalue weighted by Crippen LogP contribution is -2.26. The largest absolute Gasteiger partial charge is 0.332 e. The van der Waals surface area contributed by atoms with E-state index in [9.17, 15) is 0 Å². The maximum Gasteiger partial charge on any atom is 0.0949 e. The summed E-state index contributed by atoms with van der Waals surface area (Å²) in [5, 5.41) is 0. The summed E-state index contributed by atoms with van der Waals surface area (Å²) in [6, 6.07) is 0.894. The molecule has 1 aromatic rings. The van der Waals surface area contributed by atoms with Crippen LogP contribution in [0.3, 0.4) is 0 Å². The molecule has 0 aliphatic heterocycles. The number of nitrogens with two attached hydrogens (primary N) is 1. The average molecular weight is 208 g/mol. The molecule has 1 fully saturated rings. The van der Waals surface area contributed by atoms with E-state index in [0.717, 1.165) is 24.8 Å². The zero-order valence-corrected chi connectivity index (χ0v) is 9.56. The van der Waals surface area contributed by atoms with Crippen LogP contribution in [0.1, 0.15) is 31.5 Å². The Kier molecular flexibility index (Phi) is 3.07. The Morgan fingerprint density at radius 2 is 2.40 bits per heavy atom. The number of nitrogens with zero attached hydrogens (tertiary/aromatic N) is 3. The number of likely N-dealkylation sites (N-methyl/N-ethyl adjacent to an activating group) is 1. The topological polar surface area (TPSA) is 47.1 Å². The first kappa shape index (κ1) is 10.6. The Bertz CT molecular complexity index is 314. The van der Waals surface area contributed by atoms with Gasteiger partial charge in [0.05, 0.1) is 12.0 Å². The molecular formula is C11H20N4. The molecule has 1 saturated carbocycles. The van der Waals surface area contributed by atoms with Crippen LogP contribution in [0, 0.1) is 0 Å². The normalized spacial score (nSPS) is 18.4. The van der Waals surface area contributed by atoms with E-state index >= 15 is 0 Å². The molecule has 1 aromatic heterocycles. The molecule has 0 aromatic carbocycles. The highest BCUT2D eigenvalue weighted by molar-refractivity contribution is 5.03. The zero-order chi connectivity index (χ0) is 10.8. The lowest BCUT2D eigenvalue weighted by molar-refractivity contribution is 0.307. The number of hydrogen-bond donors (Lipinski definition) is 1. The Morgan fingerprint density at radius 1 is 1.67 bits per heavy atom. The molecule has 4 nitrogen and oxygen atoms in total. The van der Waals surface area contributed by atoms with Gasteiger partial charge in [-0.3, -0.25) is 0 Å². The van der Waals surface area contributed by atoms with Crippen LogP contribution in [0.15, 0.2) is 12.5 Å². The van der Waals surface area contributed by atoms with E-state index in [-0.39, 0.29) is 6.04 Å². The lowest BCUT2D eigenvalue weighted by Gasteiger charge is -2.17. The predicted molar refractivity (Wildman–Crippen MR) is 60.5 cm³/mol. The Balaban J connectivity index is 1.89. The molecule has 0 unspecified atom stereocenters. The zero-order valence-electron chi connectivity index (χ0n) is 9.56. The van der Waals surface area contributed by atoms with Gasteiger partial charge in [-0.1, -0.05) is 0 Å². The number of rotatable bonds is 5. The third kappa shape index (κ3) is 2.58. The van der Waals surface area contributed by atoms with Crippen molar-refractivity contribution in [3.05, 3.63) is 18.2 Å². The molecule has 4 heteroatoms. The summed E-state index contributed by atoms with van der Waals surface area (Å²) in [4.78, 5) is 6.57. The number of imidazole rings is 1. The molecule has 0 saturated heterocycles. The van der Waals surface area contributed by atoms with Crippen LogP contribution in [0.25, 0.3) is 0 Å². The van der Waals surface area contributed by atoms with E-state index in [4.69, 9.17) is 5.73 Å². The molecule has 0 radical (unpaired) electrons. The number of aromatic nitrogens is 2. The summed E-state index contributed by atoms with van der Waals surface area (Å²) in [7, 11) is 2.19. The van der Waals surface area contributed by atoms with Crippen molar-refractivity contribution in [2.24, 2.45) is 5.73 Å². The van der Waals surface area contributed by atoms with Crippen molar-refractivity contribution in [1.82, 2.24) is 14.5 Å². The quantitative estimate of drug-likeness (QED) is 0.785. The standard InChI is InChI=1S/C11H20N4/c1-9(12)11-7-13-8-15(11)6-5-14(2)10-3-4-10/h7-10H,3-6,12H2,1-2H3/t9-/m1/s1. The van der Waals surface area contributed by atoms with E-state index in [1.54, 1.807) is 0 Å². The van der Waals surface area contributed by atoms with Crippen molar-refractivity contribution in [2.75, 3.05) is 13.6 Å². The molecule has 1 atom stereocenters. The van der Waals surface area contributed by atoms with Crippen LogP contribution < -0.4 is 5.73 Å². The average Bonchev–Trinajstić information content (AvgIpc) is 2.93. The van der Waals surface area contributed by atoms with Gasteiger partial charge in [-0.05, 0) is 26.8 Å². The molecule has 1 heterocycles. The fraction of sp³-hybridized carbons (Fsp3) is 0.727. The second-order valence-electron chi connectivity index (χ2n) is 4.51. The first-order valence-electron chi connectivity index (χ1n) is 5.64. The summed E-state index contributed by atoms with van der Waals surface area (Å²) < 4.78 is 2.16. The summed E-state index contributed by atoms with van der Waals surface area (Å²) in [6.45, 7) is 4.07. The summed E-state index contributed by atoms with van der Waals surface area (Å²) >= 11 is 0. The minimum atomic E-state index is 0.0683. The SMILES string of the molecule is C[C@@H](N)c1cncn1CCN(C)C1CC1. The third-order valence-electron chi connectivity index (χ3n) is 3.07. The first-order chi connectivity index (χ1) is 7.18. The Hall–Kier alpha value is -0.870. The minimum Gasteiger partial charge on any atom is -0.332 e. The lowest BCUT2D eigenvalue weighted by atomic mass is 10.3. The van der Waals surface area contributed by atoms with E-state index in [2.05, 4.69) is 21.5 Å². The van der Waals surface area contributed by atoms with E-state index in [1.165, 1.54) is 12.8 Å². The smallest absolute Gasteiger partial charge is 0.0949 e. The molecule has 0 spiro atoms. The van der Waals surface area contributed by atoms with Crippen molar-refractivity contribution < 1.29 is 0 Å². The van der Waals surface area contributed by atoms with Crippen LogP contribution >= 0.6 is 0 Å². The first-order valence-corrected chi connectivity index (χ1v) is 5.64. The molecule has 0 amide bonds. The Morgan fingerprint density at radius 3 is 3.00 bits per heavy atom.